The zero-order valence-electron chi connectivity index (χ0n) is 13.3. The minimum Gasteiger partial charge on any atom is -0.378 e. The number of anilines is 2. The number of benzene rings is 1. The number of rotatable bonds is 4. The molecule has 5 nitrogen and oxygen atoms in total. The molecule has 0 atom stereocenters. The van der Waals surface area contributed by atoms with Gasteiger partial charge in [-0.1, -0.05) is 18.2 Å². The first kappa shape index (κ1) is 15.3. The second-order valence-corrected chi connectivity index (χ2v) is 5.57. The molecule has 1 aliphatic heterocycles. The largest absolute Gasteiger partial charge is 0.378 e. The van der Waals surface area contributed by atoms with Crippen molar-refractivity contribution in [3.63, 3.8) is 0 Å². The van der Waals surface area contributed by atoms with Crippen molar-refractivity contribution >= 4 is 11.5 Å². The first-order valence-corrected chi connectivity index (χ1v) is 7.76. The van der Waals surface area contributed by atoms with E-state index in [4.69, 9.17) is 4.74 Å². The van der Waals surface area contributed by atoms with Crippen molar-refractivity contribution in [1.82, 2.24) is 4.98 Å². The van der Waals surface area contributed by atoms with Crippen molar-refractivity contribution in [2.75, 3.05) is 43.2 Å². The van der Waals surface area contributed by atoms with Crippen LogP contribution in [0.5, 0.6) is 0 Å². The highest BCUT2D eigenvalue weighted by atomic mass is 16.5. The van der Waals surface area contributed by atoms with Crippen LogP contribution in [0.4, 0.5) is 11.5 Å². The average Bonchev–Trinajstić information content (AvgIpc) is 2.63. The highest BCUT2D eigenvalue weighted by Gasteiger charge is 2.16. The molecule has 1 aromatic carbocycles. The van der Waals surface area contributed by atoms with Gasteiger partial charge < -0.3 is 14.5 Å². The van der Waals surface area contributed by atoms with Crippen molar-refractivity contribution in [2.45, 2.75) is 6.54 Å². The lowest BCUT2D eigenvalue weighted by Gasteiger charge is -2.31. The van der Waals surface area contributed by atoms with Gasteiger partial charge in [-0.15, -0.1) is 0 Å². The third kappa shape index (κ3) is 3.43. The van der Waals surface area contributed by atoms with Gasteiger partial charge >= 0.3 is 0 Å². The Morgan fingerprint density at radius 3 is 2.78 bits per heavy atom. The maximum atomic E-state index is 9.25. The van der Waals surface area contributed by atoms with Crippen LogP contribution in [0.15, 0.2) is 42.6 Å². The Morgan fingerprint density at radius 2 is 2.00 bits per heavy atom. The van der Waals surface area contributed by atoms with Crippen LogP contribution in [0.25, 0.3) is 0 Å². The van der Waals surface area contributed by atoms with Crippen LogP contribution >= 0.6 is 0 Å². The summed E-state index contributed by atoms with van der Waals surface area (Å²) in [6, 6.07) is 14.2. The highest BCUT2D eigenvalue weighted by Crippen LogP contribution is 2.25. The van der Waals surface area contributed by atoms with Crippen molar-refractivity contribution in [3.8, 4) is 6.07 Å². The lowest BCUT2D eigenvalue weighted by atomic mass is 10.1. The Labute approximate surface area is 136 Å². The maximum absolute atomic E-state index is 9.25. The Kier molecular flexibility index (Phi) is 4.74. The van der Waals surface area contributed by atoms with E-state index < -0.39 is 0 Å². The van der Waals surface area contributed by atoms with Crippen LogP contribution in [0, 0.1) is 11.3 Å². The van der Waals surface area contributed by atoms with Gasteiger partial charge in [0.25, 0.3) is 0 Å². The fourth-order valence-corrected chi connectivity index (χ4v) is 2.88. The molecule has 1 aromatic heterocycles. The highest BCUT2D eigenvalue weighted by molar-refractivity contribution is 5.58. The standard InChI is InChI=1S/C18H20N4O/c1-21(18-15(13-19)6-4-8-20-18)14-16-5-2-3-7-17(16)22-9-11-23-12-10-22/h2-8H,9-12,14H2,1H3. The summed E-state index contributed by atoms with van der Waals surface area (Å²) in [7, 11) is 1.97. The van der Waals surface area contributed by atoms with Crippen LogP contribution in [0.1, 0.15) is 11.1 Å². The van der Waals surface area contributed by atoms with Crippen LogP contribution in [0.2, 0.25) is 0 Å². The van der Waals surface area contributed by atoms with E-state index in [-0.39, 0.29) is 0 Å². The molecule has 2 heterocycles. The molecular weight excluding hydrogens is 288 g/mol. The molecule has 1 saturated heterocycles. The van der Waals surface area contributed by atoms with E-state index >= 15 is 0 Å². The first-order chi connectivity index (χ1) is 11.3. The van der Waals surface area contributed by atoms with E-state index in [1.165, 1.54) is 11.3 Å². The molecule has 0 aliphatic carbocycles. The summed E-state index contributed by atoms with van der Waals surface area (Å²) < 4.78 is 5.44. The minimum atomic E-state index is 0.596. The number of para-hydroxylation sites is 1. The van der Waals surface area contributed by atoms with Crippen LogP contribution in [-0.2, 0) is 11.3 Å². The van der Waals surface area contributed by atoms with E-state index in [9.17, 15) is 5.26 Å². The topological polar surface area (TPSA) is 52.4 Å². The molecule has 0 N–H and O–H groups in total. The average molecular weight is 308 g/mol. The van der Waals surface area contributed by atoms with E-state index in [0.717, 1.165) is 26.3 Å². The van der Waals surface area contributed by atoms with Crippen LogP contribution < -0.4 is 9.80 Å². The summed E-state index contributed by atoms with van der Waals surface area (Å²) in [5.41, 5.74) is 3.06. The fraction of sp³-hybridized carbons (Fsp3) is 0.333. The van der Waals surface area contributed by atoms with Gasteiger partial charge in [0.05, 0.1) is 18.8 Å². The summed E-state index contributed by atoms with van der Waals surface area (Å²) in [5.74, 6) is 0.715. The molecule has 5 heteroatoms. The molecular formula is C18H20N4O. The molecule has 0 spiro atoms. The van der Waals surface area contributed by atoms with Gasteiger partial charge in [-0.2, -0.15) is 5.26 Å². The number of nitrogens with zero attached hydrogens (tertiary/aromatic N) is 4. The summed E-state index contributed by atoms with van der Waals surface area (Å²) in [6.45, 7) is 4.06. The maximum Gasteiger partial charge on any atom is 0.146 e. The van der Waals surface area contributed by atoms with Gasteiger partial charge in [0.15, 0.2) is 0 Å². The quantitative estimate of drug-likeness (QED) is 0.868. The molecule has 0 saturated carbocycles. The molecule has 23 heavy (non-hydrogen) atoms. The predicted molar refractivity (Wildman–Crippen MR) is 90.5 cm³/mol. The Balaban J connectivity index is 1.84. The van der Waals surface area contributed by atoms with Gasteiger partial charge in [0, 0.05) is 38.6 Å². The molecule has 0 unspecified atom stereocenters. The molecule has 2 aromatic rings. The predicted octanol–water partition coefficient (Wildman–Crippen LogP) is 2.43. The summed E-state index contributed by atoms with van der Waals surface area (Å²) >= 11 is 0. The lowest BCUT2D eigenvalue weighted by Crippen LogP contribution is -2.37. The smallest absolute Gasteiger partial charge is 0.146 e. The summed E-state index contributed by atoms with van der Waals surface area (Å²) in [6.07, 6.45) is 1.72. The summed E-state index contributed by atoms with van der Waals surface area (Å²) in [4.78, 5) is 8.74. The third-order valence-corrected chi connectivity index (χ3v) is 4.02. The molecule has 1 fully saturated rings. The SMILES string of the molecule is CN(Cc1ccccc1N1CCOCC1)c1ncccc1C#N. The second-order valence-electron chi connectivity index (χ2n) is 5.57. The number of hydrogen-bond acceptors (Lipinski definition) is 5. The van der Waals surface area contributed by atoms with Gasteiger partial charge in [0.2, 0.25) is 0 Å². The molecule has 1 aliphatic rings. The molecule has 118 valence electrons. The molecule has 3 rings (SSSR count). The number of hydrogen-bond donors (Lipinski definition) is 0. The zero-order chi connectivity index (χ0) is 16.1. The van der Waals surface area contributed by atoms with Crippen molar-refractivity contribution in [1.29, 1.82) is 5.26 Å². The Bertz CT molecular complexity index is 704. The Hall–Kier alpha value is -2.58. The van der Waals surface area contributed by atoms with E-state index in [1.807, 2.05) is 11.9 Å². The van der Waals surface area contributed by atoms with Crippen molar-refractivity contribution in [2.24, 2.45) is 0 Å². The number of ether oxygens (including phenoxy) is 1. The van der Waals surface area contributed by atoms with E-state index in [1.54, 1.807) is 18.3 Å². The number of aromatic nitrogens is 1. The Morgan fingerprint density at radius 1 is 1.22 bits per heavy atom. The van der Waals surface area contributed by atoms with Crippen molar-refractivity contribution < 1.29 is 4.74 Å². The zero-order valence-corrected chi connectivity index (χ0v) is 13.3. The van der Waals surface area contributed by atoms with Crippen molar-refractivity contribution in [3.05, 3.63) is 53.7 Å². The number of pyridine rings is 1. The third-order valence-electron chi connectivity index (χ3n) is 4.02. The number of morpholine rings is 1. The summed E-state index contributed by atoms with van der Waals surface area (Å²) in [5, 5.41) is 9.25. The van der Waals surface area contributed by atoms with Gasteiger partial charge in [-0.05, 0) is 23.8 Å². The van der Waals surface area contributed by atoms with Gasteiger partial charge in [-0.25, -0.2) is 4.98 Å². The molecule has 0 amide bonds. The lowest BCUT2D eigenvalue weighted by molar-refractivity contribution is 0.122. The van der Waals surface area contributed by atoms with Gasteiger partial charge in [-0.3, -0.25) is 0 Å². The monoisotopic (exact) mass is 308 g/mol. The minimum absolute atomic E-state index is 0.596. The normalized spacial score (nSPS) is 14.3. The second kappa shape index (κ2) is 7.12. The number of nitriles is 1. The van der Waals surface area contributed by atoms with E-state index in [0.29, 0.717) is 17.9 Å². The molecule has 0 radical (unpaired) electrons. The van der Waals surface area contributed by atoms with Gasteiger partial charge in [0.1, 0.15) is 11.9 Å². The first-order valence-electron chi connectivity index (χ1n) is 7.76. The van der Waals surface area contributed by atoms with Crippen LogP contribution in [-0.4, -0.2) is 38.3 Å². The van der Waals surface area contributed by atoms with E-state index in [2.05, 4.69) is 40.2 Å². The fourth-order valence-electron chi connectivity index (χ4n) is 2.88. The molecule has 0 bridgehead atoms. The van der Waals surface area contributed by atoms with Crippen LogP contribution in [0.3, 0.4) is 0 Å².